The largest absolute Gasteiger partial charge is 0.479 e. The summed E-state index contributed by atoms with van der Waals surface area (Å²) in [6.45, 7) is 4.02. The first kappa shape index (κ1) is 25.3. The number of alkyl halides is 3. The average Bonchev–Trinajstić information content (AvgIpc) is 3.11. The van der Waals surface area contributed by atoms with Crippen LogP contribution in [0.25, 0.3) is 0 Å². The second-order valence-corrected chi connectivity index (χ2v) is 9.37. The van der Waals surface area contributed by atoms with Crippen LogP contribution in [-0.2, 0) is 22.1 Å². The van der Waals surface area contributed by atoms with Crippen molar-refractivity contribution in [2.75, 3.05) is 0 Å². The van der Waals surface area contributed by atoms with E-state index in [4.69, 9.17) is 14.6 Å². The lowest BCUT2D eigenvalue weighted by molar-refractivity contribution is -0.271. The van der Waals surface area contributed by atoms with E-state index in [0.29, 0.717) is 10.8 Å². The number of aromatic nitrogens is 2. The molecule has 0 amide bonds. The Morgan fingerprint density at radius 3 is 2.36 bits per heavy atom. The fraction of sp³-hybridized carbons (Fsp3) is 0.500. The van der Waals surface area contributed by atoms with E-state index in [0.717, 1.165) is 4.90 Å². The Kier molecular flexibility index (Phi) is 7.59. The van der Waals surface area contributed by atoms with Crippen LogP contribution in [0.4, 0.5) is 13.2 Å². The molecule has 1 aliphatic rings. The van der Waals surface area contributed by atoms with Crippen molar-refractivity contribution in [3.05, 3.63) is 41.1 Å². The highest BCUT2D eigenvalue weighted by Gasteiger charge is 2.49. The molecule has 1 fully saturated rings. The molecule has 1 aliphatic heterocycles. The molecule has 0 saturated carbocycles. The van der Waals surface area contributed by atoms with Crippen molar-refractivity contribution in [3.8, 4) is 5.88 Å². The van der Waals surface area contributed by atoms with E-state index in [2.05, 4.69) is 5.10 Å². The van der Waals surface area contributed by atoms with Crippen molar-refractivity contribution >= 4 is 17.7 Å². The van der Waals surface area contributed by atoms with Gasteiger partial charge in [0.05, 0.1) is 5.56 Å². The number of aliphatic carboxylic acids is 1. The molecule has 0 spiro atoms. The number of aromatic amines is 1. The Hall–Kier alpha value is -2.32. The molecule has 1 saturated heterocycles. The van der Waals surface area contributed by atoms with Crippen molar-refractivity contribution in [2.45, 2.75) is 67.3 Å². The van der Waals surface area contributed by atoms with Gasteiger partial charge in [-0.3, -0.25) is 5.10 Å². The molecule has 1 aromatic carbocycles. The number of ether oxygens (including phenoxy) is 2. The van der Waals surface area contributed by atoms with E-state index in [1.807, 2.05) is 18.9 Å². The third kappa shape index (κ3) is 5.79. The quantitative estimate of drug-likeness (QED) is 0.365. The fourth-order valence-corrected chi connectivity index (χ4v) is 4.10. The van der Waals surface area contributed by atoms with Crippen molar-refractivity contribution in [1.29, 1.82) is 0 Å². The number of aliphatic hydroxyl groups is 3. The smallest absolute Gasteiger partial charge is 0.433 e. The van der Waals surface area contributed by atoms with Crippen LogP contribution in [0.15, 0.2) is 29.2 Å². The molecule has 182 valence electrons. The summed E-state index contributed by atoms with van der Waals surface area (Å²) in [5, 5.41) is 44.6. The number of hydrogen-bond donors (Lipinski definition) is 5. The second kappa shape index (κ2) is 9.89. The van der Waals surface area contributed by atoms with E-state index in [9.17, 15) is 33.3 Å². The predicted molar refractivity (Wildman–Crippen MR) is 109 cm³/mol. The molecule has 0 bridgehead atoms. The van der Waals surface area contributed by atoms with Crippen molar-refractivity contribution in [2.24, 2.45) is 0 Å². The van der Waals surface area contributed by atoms with Gasteiger partial charge in [-0.2, -0.15) is 13.2 Å². The van der Waals surface area contributed by atoms with Crippen molar-refractivity contribution < 1.29 is 47.9 Å². The minimum absolute atomic E-state index is 0.246. The molecule has 0 radical (unpaired) electrons. The van der Waals surface area contributed by atoms with Gasteiger partial charge in [0.25, 0.3) is 0 Å². The Balaban J connectivity index is 1.89. The summed E-state index contributed by atoms with van der Waals surface area (Å²) in [7, 11) is 0. The number of carboxylic acid groups (broad SMARTS) is 1. The highest BCUT2D eigenvalue weighted by atomic mass is 32.2. The molecular formula is C20H23F3N2O7S. The first-order valence-electron chi connectivity index (χ1n) is 9.87. The summed E-state index contributed by atoms with van der Waals surface area (Å²) >= 11 is 1.59. The maximum atomic E-state index is 13.5. The number of H-pyrrole nitrogens is 1. The van der Waals surface area contributed by atoms with Crippen molar-refractivity contribution in [3.63, 3.8) is 0 Å². The van der Waals surface area contributed by atoms with Gasteiger partial charge >= 0.3 is 12.1 Å². The van der Waals surface area contributed by atoms with Gasteiger partial charge in [-0.25, -0.2) is 4.79 Å². The summed E-state index contributed by atoms with van der Waals surface area (Å²) < 4.78 is 50.9. The number of carboxylic acids is 1. The zero-order chi connectivity index (χ0) is 24.5. The normalized spacial score (nSPS) is 25.9. The molecular weight excluding hydrogens is 469 g/mol. The zero-order valence-corrected chi connectivity index (χ0v) is 18.3. The zero-order valence-electron chi connectivity index (χ0n) is 17.5. The van der Waals surface area contributed by atoms with Gasteiger partial charge < -0.3 is 29.9 Å². The molecule has 9 nitrogen and oxygen atoms in total. The van der Waals surface area contributed by atoms with E-state index in [-0.39, 0.29) is 6.42 Å². The summed E-state index contributed by atoms with van der Waals surface area (Å²) in [4.78, 5) is 12.2. The van der Waals surface area contributed by atoms with Crippen LogP contribution >= 0.6 is 11.8 Å². The number of thioether (sulfide) groups is 1. The number of carbonyl (C=O) groups is 1. The first-order chi connectivity index (χ1) is 15.4. The monoisotopic (exact) mass is 492 g/mol. The van der Waals surface area contributed by atoms with Gasteiger partial charge in [0.15, 0.2) is 6.10 Å². The van der Waals surface area contributed by atoms with Crippen LogP contribution in [0.2, 0.25) is 0 Å². The maximum Gasteiger partial charge on any atom is 0.433 e. The minimum atomic E-state index is -4.80. The lowest BCUT2D eigenvalue weighted by atomic mass is 9.99. The SMILES string of the molecule is CC(C)Sc1ccc(Cc2c(O[C@@H]3O[C@H](C(=O)O)[C@@H](O)[C@H](O)[C@H]3O)n[nH]c2C(F)(F)F)cc1. The average molecular weight is 492 g/mol. The summed E-state index contributed by atoms with van der Waals surface area (Å²) in [5.74, 6) is -2.24. The lowest BCUT2D eigenvalue weighted by Crippen LogP contribution is -2.61. The molecule has 5 atom stereocenters. The standard InChI is InChI=1S/C20H23F3N2O7S/c1-8(2)33-10-5-3-9(4-6-10)7-11-16(20(21,22)23)24-25-17(11)32-19-14(28)12(26)13(27)15(31-19)18(29)30/h3-6,8,12-15,19,26-28H,7H2,1-2H3,(H,24,25)(H,29,30)/t12-,13-,14+,15-,19-/m0/s1. The van der Waals surface area contributed by atoms with Crippen molar-refractivity contribution in [1.82, 2.24) is 10.2 Å². The molecule has 0 unspecified atom stereocenters. The topological polar surface area (TPSA) is 145 Å². The Morgan fingerprint density at radius 1 is 1.18 bits per heavy atom. The number of rotatable bonds is 7. The third-order valence-electron chi connectivity index (χ3n) is 4.83. The highest BCUT2D eigenvalue weighted by Crippen LogP contribution is 2.37. The van der Waals surface area contributed by atoms with Crippen LogP contribution in [0.3, 0.4) is 0 Å². The van der Waals surface area contributed by atoms with Gasteiger partial charge in [0, 0.05) is 16.6 Å². The van der Waals surface area contributed by atoms with E-state index < -0.39 is 60.0 Å². The van der Waals surface area contributed by atoms with E-state index in [1.165, 1.54) is 0 Å². The molecule has 33 heavy (non-hydrogen) atoms. The predicted octanol–water partition coefficient (Wildman–Crippen LogP) is 1.79. The number of halogens is 3. The maximum absolute atomic E-state index is 13.5. The van der Waals surface area contributed by atoms with Crippen LogP contribution in [0.5, 0.6) is 5.88 Å². The Labute approximate surface area is 190 Å². The number of hydrogen-bond acceptors (Lipinski definition) is 8. The fourth-order valence-electron chi connectivity index (χ4n) is 3.27. The van der Waals surface area contributed by atoms with Gasteiger partial charge in [0.1, 0.15) is 24.0 Å². The van der Waals surface area contributed by atoms with Crippen LogP contribution in [-0.4, -0.2) is 72.5 Å². The Morgan fingerprint density at radius 2 is 1.82 bits per heavy atom. The second-order valence-electron chi connectivity index (χ2n) is 7.72. The molecule has 2 heterocycles. The summed E-state index contributed by atoms with van der Waals surface area (Å²) in [6.07, 6.45) is -14.8. The number of nitrogens with zero attached hydrogens (tertiary/aromatic N) is 1. The van der Waals surface area contributed by atoms with E-state index in [1.54, 1.807) is 36.0 Å². The minimum Gasteiger partial charge on any atom is -0.479 e. The molecule has 0 aliphatic carbocycles. The lowest BCUT2D eigenvalue weighted by Gasteiger charge is -2.38. The molecule has 2 aromatic rings. The van der Waals surface area contributed by atoms with Gasteiger partial charge in [-0.05, 0) is 17.7 Å². The van der Waals surface area contributed by atoms with E-state index >= 15 is 0 Å². The number of aliphatic hydroxyl groups excluding tert-OH is 3. The summed E-state index contributed by atoms with van der Waals surface area (Å²) in [6, 6.07) is 6.87. The molecule has 5 N–H and O–H groups in total. The molecule has 13 heteroatoms. The van der Waals surface area contributed by atoms with Gasteiger partial charge in [-0.1, -0.05) is 26.0 Å². The molecule has 3 rings (SSSR count). The van der Waals surface area contributed by atoms with Crippen LogP contribution in [0.1, 0.15) is 30.7 Å². The Bertz CT molecular complexity index is 968. The summed E-state index contributed by atoms with van der Waals surface area (Å²) in [5.41, 5.74) is -1.06. The number of nitrogens with one attached hydrogen (secondary N) is 1. The van der Waals surface area contributed by atoms with Gasteiger partial charge in [0.2, 0.25) is 12.2 Å². The molecule has 1 aromatic heterocycles. The first-order valence-corrected chi connectivity index (χ1v) is 10.8. The van der Waals surface area contributed by atoms with Crippen LogP contribution in [0, 0.1) is 0 Å². The van der Waals surface area contributed by atoms with Crippen LogP contribution < -0.4 is 4.74 Å². The number of benzene rings is 1. The van der Waals surface area contributed by atoms with Gasteiger partial charge in [-0.15, -0.1) is 16.9 Å². The highest BCUT2D eigenvalue weighted by molar-refractivity contribution is 7.99. The third-order valence-corrected chi connectivity index (χ3v) is 5.85.